The van der Waals surface area contributed by atoms with Crippen LogP contribution in [-0.2, 0) is 19.0 Å². The number of carbonyl (C=O) groups is 2. The van der Waals surface area contributed by atoms with Crippen LogP contribution in [0.1, 0.15) is 20.8 Å². The first-order chi connectivity index (χ1) is 6.76. The van der Waals surface area contributed by atoms with Crippen molar-refractivity contribution in [2.24, 2.45) is 0 Å². The normalized spacial score (nSPS) is 10.4. The minimum Gasteiger partial charge on any atom is -0.466 e. The van der Waals surface area contributed by atoms with Gasteiger partial charge in [0.05, 0.1) is 12.7 Å². The van der Waals surface area contributed by atoms with Crippen molar-refractivity contribution in [1.29, 1.82) is 0 Å². The number of rotatable bonds is 3. The fraction of sp³-hybridized carbons (Fsp3) is 0.600. The summed E-state index contributed by atoms with van der Waals surface area (Å²) in [6.45, 7) is 8.29. The van der Waals surface area contributed by atoms with Crippen LogP contribution in [-0.4, -0.2) is 31.4 Å². The molecular weight excluding hydrogens is 200 g/mol. The fourth-order valence-electron chi connectivity index (χ4n) is 0.629. The molecule has 5 heteroatoms. The van der Waals surface area contributed by atoms with E-state index in [1.807, 2.05) is 0 Å². The van der Waals surface area contributed by atoms with Gasteiger partial charge in [-0.1, -0.05) is 6.58 Å². The van der Waals surface area contributed by atoms with Gasteiger partial charge in [0.2, 0.25) is 0 Å². The van der Waals surface area contributed by atoms with Crippen LogP contribution in [0.2, 0.25) is 0 Å². The molecule has 0 heterocycles. The van der Waals surface area contributed by atoms with Gasteiger partial charge in [-0.2, -0.15) is 0 Å². The lowest BCUT2D eigenvalue weighted by molar-refractivity contribution is -0.136. The Morgan fingerprint density at radius 3 is 2.20 bits per heavy atom. The first-order valence-electron chi connectivity index (χ1n) is 4.38. The molecule has 0 aromatic carbocycles. The molecular formula is C10H16O5. The van der Waals surface area contributed by atoms with E-state index in [1.54, 1.807) is 20.8 Å². The third-order valence-corrected chi connectivity index (χ3v) is 1.23. The Morgan fingerprint density at radius 1 is 1.27 bits per heavy atom. The molecule has 86 valence electrons. The molecule has 0 radical (unpaired) electrons. The van der Waals surface area contributed by atoms with Crippen molar-refractivity contribution in [2.45, 2.75) is 26.4 Å². The summed E-state index contributed by atoms with van der Waals surface area (Å²) in [7, 11) is 1.22. The Bertz CT molecular complexity index is 261. The van der Waals surface area contributed by atoms with E-state index in [4.69, 9.17) is 4.74 Å². The van der Waals surface area contributed by atoms with Gasteiger partial charge in [0.1, 0.15) is 12.2 Å². The molecule has 0 fully saturated rings. The summed E-state index contributed by atoms with van der Waals surface area (Å²) in [4.78, 5) is 21.9. The first kappa shape index (κ1) is 13.5. The molecule has 0 amide bonds. The van der Waals surface area contributed by atoms with Crippen molar-refractivity contribution < 1.29 is 23.8 Å². The molecule has 0 aromatic heterocycles. The number of hydrogen-bond donors (Lipinski definition) is 0. The van der Waals surface area contributed by atoms with Crippen molar-refractivity contribution >= 4 is 12.1 Å². The third-order valence-electron chi connectivity index (χ3n) is 1.23. The van der Waals surface area contributed by atoms with Gasteiger partial charge in [-0.25, -0.2) is 9.59 Å². The van der Waals surface area contributed by atoms with Crippen LogP contribution in [0.3, 0.4) is 0 Å². The smallest absolute Gasteiger partial charge is 0.466 e. The van der Waals surface area contributed by atoms with Gasteiger partial charge in [0.15, 0.2) is 0 Å². The van der Waals surface area contributed by atoms with Crippen LogP contribution < -0.4 is 0 Å². The van der Waals surface area contributed by atoms with Gasteiger partial charge < -0.3 is 14.2 Å². The van der Waals surface area contributed by atoms with Gasteiger partial charge in [0, 0.05) is 0 Å². The standard InChI is InChI=1S/C10H16O5/c1-7(8(11)13-5)6-14-9(12)15-10(2,3)4/h1,6H2,2-5H3. The lowest BCUT2D eigenvalue weighted by Crippen LogP contribution is -2.25. The molecule has 0 bridgehead atoms. The lowest BCUT2D eigenvalue weighted by Gasteiger charge is -2.18. The Hall–Kier alpha value is -1.52. The SMILES string of the molecule is C=C(COC(=O)OC(C)(C)C)C(=O)OC. The van der Waals surface area contributed by atoms with Gasteiger partial charge in [-0.3, -0.25) is 0 Å². The van der Waals surface area contributed by atoms with E-state index in [0.717, 1.165) is 0 Å². The topological polar surface area (TPSA) is 61.8 Å². The van der Waals surface area contributed by atoms with Gasteiger partial charge in [-0.05, 0) is 20.8 Å². The average Bonchev–Trinajstić information content (AvgIpc) is 2.10. The molecule has 0 N–H and O–H groups in total. The van der Waals surface area contributed by atoms with Crippen molar-refractivity contribution in [3.8, 4) is 0 Å². The molecule has 0 aliphatic heterocycles. The largest absolute Gasteiger partial charge is 0.509 e. The van der Waals surface area contributed by atoms with E-state index in [2.05, 4.69) is 16.1 Å². The number of carbonyl (C=O) groups excluding carboxylic acids is 2. The van der Waals surface area contributed by atoms with Crippen molar-refractivity contribution in [2.75, 3.05) is 13.7 Å². The molecule has 0 spiro atoms. The summed E-state index contributed by atoms with van der Waals surface area (Å²) in [5.74, 6) is -0.612. The number of esters is 1. The molecule has 0 aromatic rings. The minimum absolute atomic E-state index is 0.0587. The van der Waals surface area contributed by atoms with E-state index in [0.29, 0.717) is 0 Å². The monoisotopic (exact) mass is 216 g/mol. The fourth-order valence-corrected chi connectivity index (χ4v) is 0.629. The van der Waals surface area contributed by atoms with Crippen molar-refractivity contribution in [1.82, 2.24) is 0 Å². The predicted octanol–water partition coefficient (Wildman–Crippen LogP) is 1.67. The molecule has 0 saturated heterocycles. The number of methoxy groups -OCH3 is 1. The molecule has 0 rings (SSSR count). The van der Waals surface area contributed by atoms with Crippen LogP contribution in [0.4, 0.5) is 4.79 Å². The van der Waals surface area contributed by atoms with Crippen LogP contribution in [0.15, 0.2) is 12.2 Å². The van der Waals surface area contributed by atoms with Crippen molar-refractivity contribution in [3.63, 3.8) is 0 Å². The minimum atomic E-state index is -0.840. The van der Waals surface area contributed by atoms with Crippen LogP contribution in [0, 0.1) is 0 Å². The van der Waals surface area contributed by atoms with Crippen molar-refractivity contribution in [3.05, 3.63) is 12.2 Å². The second-order valence-electron chi connectivity index (χ2n) is 3.85. The zero-order valence-corrected chi connectivity index (χ0v) is 9.46. The van der Waals surface area contributed by atoms with Crippen LogP contribution in [0.5, 0.6) is 0 Å². The van der Waals surface area contributed by atoms with Gasteiger partial charge >= 0.3 is 12.1 Å². The van der Waals surface area contributed by atoms with E-state index < -0.39 is 17.7 Å². The molecule has 0 saturated carbocycles. The lowest BCUT2D eigenvalue weighted by atomic mass is 10.2. The van der Waals surface area contributed by atoms with E-state index in [-0.39, 0.29) is 12.2 Å². The Morgan fingerprint density at radius 2 is 1.80 bits per heavy atom. The Balaban J connectivity index is 3.92. The van der Waals surface area contributed by atoms with E-state index in [1.165, 1.54) is 7.11 Å². The van der Waals surface area contributed by atoms with Gasteiger partial charge in [0.25, 0.3) is 0 Å². The zero-order valence-electron chi connectivity index (χ0n) is 9.46. The van der Waals surface area contributed by atoms with E-state index in [9.17, 15) is 9.59 Å². The molecule has 0 aliphatic rings. The maximum atomic E-state index is 11.0. The third kappa shape index (κ3) is 6.54. The number of hydrogen-bond acceptors (Lipinski definition) is 5. The molecule has 0 aliphatic carbocycles. The first-order valence-corrected chi connectivity index (χ1v) is 4.38. The summed E-state index contributed by atoms with van der Waals surface area (Å²) in [6.07, 6.45) is -0.840. The maximum absolute atomic E-state index is 11.0. The highest BCUT2D eigenvalue weighted by Crippen LogP contribution is 2.08. The predicted molar refractivity (Wildman–Crippen MR) is 53.3 cm³/mol. The van der Waals surface area contributed by atoms with Crippen LogP contribution in [0.25, 0.3) is 0 Å². The summed E-state index contributed by atoms with van der Waals surface area (Å²) in [5, 5.41) is 0. The Kier molecular flexibility index (Phi) is 4.84. The Labute approximate surface area is 89.0 Å². The number of ether oxygens (including phenoxy) is 3. The van der Waals surface area contributed by atoms with E-state index >= 15 is 0 Å². The molecule has 0 atom stereocenters. The highest BCUT2D eigenvalue weighted by Gasteiger charge is 2.18. The average molecular weight is 216 g/mol. The van der Waals surface area contributed by atoms with Gasteiger partial charge in [-0.15, -0.1) is 0 Å². The quantitative estimate of drug-likeness (QED) is 0.530. The summed E-state index contributed by atoms with van der Waals surface area (Å²) >= 11 is 0. The summed E-state index contributed by atoms with van der Waals surface area (Å²) in [5.41, 5.74) is -0.563. The second-order valence-corrected chi connectivity index (χ2v) is 3.85. The highest BCUT2D eigenvalue weighted by molar-refractivity contribution is 5.88. The molecule has 5 nitrogen and oxygen atoms in total. The zero-order chi connectivity index (χ0) is 12.1. The summed E-state index contributed by atoms with van der Waals surface area (Å²) < 4.78 is 13.9. The highest BCUT2D eigenvalue weighted by atomic mass is 16.7. The molecule has 15 heavy (non-hydrogen) atoms. The summed E-state index contributed by atoms with van der Waals surface area (Å²) in [6, 6.07) is 0. The second kappa shape index (κ2) is 5.38. The molecule has 0 unspecified atom stereocenters. The van der Waals surface area contributed by atoms with Crippen LogP contribution >= 0.6 is 0 Å². The maximum Gasteiger partial charge on any atom is 0.509 e.